The van der Waals surface area contributed by atoms with E-state index in [4.69, 9.17) is 4.74 Å². The molecule has 1 aliphatic carbocycles. The third-order valence-electron chi connectivity index (χ3n) is 3.77. The van der Waals surface area contributed by atoms with Crippen molar-refractivity contribution in [3.63, 3.8) is 0 Å². The summed E-state index contributed by atoms with van der Waals surface area (Å²) in [6.07, 6.45) is 4.19. The van der Waals surface area contributed by atoms with Gasteiger partial charge in [0.2, 0.25) is 0 Å². The van der Waals surface area contributed by atoms with Crippen molar-refractivity contribution in [2.24, 2.45) is 0 Å². The van der Waals surface area contributed by atoms with Gasteiger partial charge in [-0.3, -0.25) is 0 Å². The third-order valence-corrected chi connectivity index (χ3v) is 4.22. The van der Waals surface area contributed by atoms with Crippen LogP contribution in [-0.2, 0) is 25.7 Å². The van der Waals surface area contributed by atoms with E-state index in [1.54, 1.807) is 7.11 Å². The van der Waals surface area contributed by atoms with Crippen molar-refractivity contribution in [1.82, 2.24) is 0 Å². The van der Waals surface area contributed by atoms with Crippen LogP contribution in [0.3, 0.4) is 0 Å². The minimum atomic E-state index is 1.03. The molecule has 0 spiro atoms. The summed E-state index contributed by atoms with van der Waals surface area (Å²) in [5, 5.41) is 0. The molecule has 0 fully saturated rings. The van der Waals surface area contributed by atoms with Crippen LogP contribution >= 0.6 is 15.9 Å². The molecule has 2 aromatic carbocycles. The molecule has 19 heavy (non-hydrogen) atoms. The van der Waals surface area contributed by atoms with Gasteiger partial charge in [0, 0.05) is 4.47 Å². The van der Waals surface area contributed by atoms with Crippen LogP contribution in [0.15, 0.2) is 40.9 Å². The van der Waals surface area contributed by atoms with E-state index in [1.165, 1.54) is 26.7 Å². The van der Waals surface area contributed by atoms with E-state index in [2.05, 4.69) is 52.3 Å². The number of para-hydroxylation sites is 1. The van der Waals surface area contributed by atoms with Crippen molar-refractivity contribution in [1.29, 1.82) is 0 Å². The number of benzene rings is 2. The second kappa shape index (κ2) is 5.38. The average Bonchev–Trinajstić information content (AvgIpc) is 2.41. The predicted octanol–water partition coefficient (Wildman–Crippen LogP) is 4.34. The van der Waals surface area contributed by atoms with Crippen molar-refractivity contribution in [3.8, 4) is 5.75 Å². The molecule has 0 amide bonds. The Morgan fingerprint density at radius 3 is 2.00 bits per heavy atom. The van der Waals surface area contributed by atoms with E-state index in [9.17, 15) is 0 Å². The number of aryl methyl sites for hydroxylation is 4. The van der Waals surface area contributed by atoms with Gasteiger partial charge in [-0.25, -0.2) is 0 Å². The van der Waals surface area contributed by atoms with Crippen LogP contribution in [0, 0.1) is 0 Å². The van der Waals surface area contributed by atoms with Gasteiger partial charge in [-0.2, -0.15) is 0 Å². The fraction of sp³-hybridized carbons (Fsp3) is 0.294. The first kappa shape index (κ1) is 12.7. The fourth-order valence-corrected chi connectivity index (χ4v) is 3.45. The average molecular weight is 317 g/mol. The maximum absolute atomic E-state index is 5.63. The molecule has 98 valence electrons. The normalized spacial score (nSPS) is 14.0. The zero-order chi connectivity index (χ0) is 13.2. The zero-order valence-electron chi connectivity index (χ0n) is 11.1. The molecule has 3 rings (SSSR count). The molecule has 0 N–H and O–H groups in total. The van der Waals surface area contributed by atoms with Gasteiger partial charge in [0.25, 0.3) is 0 Å². The Balaban J connectivity index is 2.04. The molecule has 0 radical (unpaired) electrons. The van der Waals surface area contributed by atoms with Gasteiger partial charge in [-0.05, 0) is 60.1 Å². The van der Waals surface area contributed by atoms with Crippen LogP contribution in [0.4, 0.5) is 0 Å². The molecule has 0 saturated carbocycles. The molecule has 4 bridgehead atoms. The van der Waals surface area contributed by atoms with Crippen molar-refractivity contribution in [3.05, 3.63) is 63.1 Å². The van der Waals surface area contributed by atoms with Gasteiger partial charge in [0.15, 0.2) is 0 Å². The highest BCUT2D eigenvalue weighted by Crippen LogP contribution is 2.29. The Labute approximate surface area is 122 Å². The number of methoxy groups -OCH3 is 1. The van der Waals surface area contributed by atoms with Gasteiger partial charge in [-0.1, -0.05) is 40.2 Å². The number of fused-ring (bicyclic) bond motifs is 4. The molecule has 0 unspecified atom stereocenters. The summed E-state index contributed by atoms with van der Waals surface area (Å²) in [7, 11) is 1.78. The second-order valence-electron chi connectivity index (χ2n) is 5.08. The first-order valence-electron chi connectivity index (χ1n) is 6.69. The third kappa shape index (κ3) is 2.69. The Kier molecular flexibility index (Phi) is 3.61. The van der Waals surface area contributed by atoms with Crippen LogP contribution in [0.5, 0.6) is 5.75 Å². The smallest absolute Gasteiger partial charge is 0.125 e. The molecule has 1 nitrogen and oxygen atoms in total. The summed E-state index contributed by atoms with van der Waals surface area (Å²) >= 11 is 3.61. The van der Waals surface area contributed by atoms with Crippen molar-refractivity contribution in [2.75, 3.05) is 7.11 Å². The van der Waals surface area contributed by atoms with Crippen LogP contribution in [0.2, 0.25) is 0 Å². The predicted molar refractivity (Wildman–Crippen MR) is 82.0 cm³/mol. The van der Waals surface area contributed by atoms with Crippen molar-refractivity contribution < 1.29 is 4.74 Å². The molecule has 0 saturated heterocycles. The van der Waals surface area contributed by atoms with E-state index < -0.39 is 0 Å². The van der Waals surface area contributed by atoms with Crippen molar-refractivity contribution in [2.45, 2.75) is 25.7 Å². The Bertz CT molecular complexity index is 560. The Morgan fingerprint density at radius 1 is 0.895 bits per heavy atom. The largest absolute Gasteiger partial charge is 0.496 e. The monoisotopic (exact) mass is 316 g/mol. The number of hydrogen-bond acceptors (Lipinski definition) is 1. The minimum absolute atomic E-state index is 1.03. The van der Waals surface area contributed by atoms with E-state index in [-0.39, 0.29) is 0 Å². The number of halogens is 1. The lowest BCUT2D eigenvalue weighted by Gasteiger charge is -2.16. The highest BCUT2D eigenvalue weighted by molar-refractivity contribution is 9.10. The Morgan fingerprint density at radius 2 is 1.47 bits per heavy atom. The van der Waals surface area contributed by atoms with Gasteiger partial charge < -0.3 is 4.74 Å². The second-order valence-corrected chi connectivity index (χ2v) is 5.99. The summed E-state index contributed by atoms with van der Waals surface area (Å²) < 4.78 is 6.82. The highest BCUT2D eigenvalue weighted by Gasteiger charge is 2.12. The maximum atomic E-state index is 5.63. The van der Waals surface area contributed by atoms with Crippen LogP contribution < -0.4 is 4.74 Å². The quantitative estimate of drug-likeness (QED) is 0.760. The lowest BCUT2D eigenvalue weighted by atomic mass is 9.94. The van der Waals surface area contributed by atoms with Crippen LogP contribution in [0.1, 0.15) is 22.3 Å². The molecule has 0 aliphatic heterocycles. The molecular formula is C17H17BrO. The first-order chi connectivity index (χ1) is 9.26. The summed E-state index contributed by atoms with van der Waals surface area (Å²) in [4.78, 5) is 0. The van der Waals surface area contributed by atoms with Gasteiger partial charge >= 0.3 is 0 Å². The summed E-state index contributed by atoms with van der Waals surface area (Å²) in [6.45, 7) is 0. The number of hydrogen-bond donors (Lipinski definition) is 0. The molecule has 0 heterocycles. The topological polar surface area (TPSA) is 9.23 Å². The molecule has 2 aromatic rings. The van der Waals surface area contributed by atoms with E-state index in [0.717, 1.165) is 31.4 Å². The molecule has 1 aliphatic rings. The van der Waals surface area contributed by atoms with Gasteiger partial charge in [0.05, 0.1) is 7.11 Å². The minimum Gasteiger partial charge on any atom is -0.496 e. The van der Waals surface area contributed by atoms with Crippen LogP contribution in [0.25, 0.3) is 0 Å². The lowest BCUT2D eigenvalue weighted by Crippen LogP contribution is -2.03. The molecule has 0 aromatic heterocycles. The van der Waals surface area contributed by atoms with Gasteiger partial charge in [-0.15, -0.1) is 0 Å². The lowest BCUT2D eigenvalue weighted by molar-refractivity contribution is 0.404. The zero-order valence-corrected chi connectivity index (χ0v) is 12.7. The SMILES string of the molecule is COc1c2cccc1CCc1cc(Br)cc(c1)CC2. The van der Waals surface area contributed by atoms with Crippen LogP contribution in [-0.4, -0.2) is 7.11 Å². The standard InChI is InChI=1S/C17H17BrO/c1-19-17-14-3-2-4-15(17)8-6-13-9-12(5-7-14)10-16(18)11-13/h2-4,9-11H,5-8H2,1H3. The van der Waals surface area contributed by atoms with E-state index in [0.29, 0.717) is 0 Å². The fourth-order valence-electron chi connectivity index (χ4n) is 2.86. The van der Waals surface area contributed by atoms with Crippen molar-refractivity contribution >= 4 is 15.9 Å². The number of ether oxygens (including phenoxy) is 1. The van der Waals surface area contributed by atoms with Gasteiger partial charge in [0.1, 0.15) is 5.75 Å². The summed E-state index contributed by atoms with van der Waals surface area (Å²) in [6, 6.07) is 13.3. The summed E-state index contributed by atoms with van der Waals surface area (Å²) in [5.74, 6) is 1.09. The summed E-state index contributed by atoms with van der Waals surface area (Å²) in [5.41, 5.74) is 5.45. The first-order valence-corrected chi connectivity index (χ1v) is 7.48. The molecule has 0 atom stereocenters. The molecule has 2 heteroatoms. The Hall–Kier alpha value is -1.28. The molecular weight excluding hydrogens is 300 g/mol. The van der Waals surface area contributed by atoms with E-state index >= 15 is 0 Å². The maximum Gasteiger partial charge on any atom is 0.125 e. The van der Waals surface area contributed by atoms with E-state index in [1.807, 2.05) is 0 Å². The highest BCUT2D eigenvalue weighted by atomic mass is 79.9. The number of rotatable bonds is 1.